The molecule has 1 atom stereocenters. The number of pyridine rings is 1. The number of benzene rings is 2. The third-order valence-corrected chi connectivity index (χ3v) is 8.83. The molecule has 1 N–H and O–H groups in total. The number of nitrogens with zero attached hydrogens (tertiary/aromatic N) is 6. The molecule has 3 aromatic rings. The molecule has 0 unspecified atom stereocenters. The summed E-state index contributed by atoms with van der Waals surface area (Å²) in [5.74, 6) is 0.531. The Balaban J connectivity index is 1.28. The number of amides is 3. The summed E-state index contributed by atoms with van der Waals surface area (Å²) in [6.45, 7) is 8.33. The van der Waals surface area contributed by atoms with Gasteiger partial charge in [-0.05, 0) is 62.7 Å². The molecule has 0 aliphatic carbocycles. The maximum Gasteiger partial charge on any atom is 0.324 e. The summed E-state index contributed by atoms with van der Waals surface area (Å²) in [5.41, 5.74) is 4.97. The zero-order valence-corrected chi connectivity index (χ0v) is 25.6. The Hall–Kier alpha value is -4.62. The molecule has 4 heterocycles. The monoisotopic (exact) mass is 593 g/mol. The minimum atomic E-state index is -0.195. The number of carbonyl (C=O) groups is 2. The molecule has 10 heteroatoms. The molecule has 3 amide bonds. The van der Waals surface area contributed by atoms with Crippen LogP contribution in [0.15, 0.2) is 54.6 Å². The fourth-order valence-corrected chi connectivity index (χ4v) is 6.61. The number of likely N-dealkylation sites (N-methyl/N-ethyl adjacent to an activating group) is 1. The Bertz CT molecular complexity index is 1600. The van der Waals surface area contributed by atoms with Crippen LogP contribution in [0, 0.1) is 11.3 Å². The van der Waals surface area contributed by atoms with Crippen LogP contribution in [0.2, 0.25) is 0 Å². The molecule has 2 aromatic carbocycles. The summed E-state index contributed by atoms with van der Waals surface area (Å²) in [7, 11) is 2.03. The van der Waals surface area contributed by atoms with Crippen LogP contribution in [0.1, 0.15) is 41.9 Å². The standard InChI is InChI=1S/C34H39N7O3/c1-4-26-22-39(34(43)41-16-15-23-9-8-10-24(19-35)32(23)41)17-18-40(26)29-14-13-28(27-11-6-7-12-30(27)44-5-2)37-31(29)33(42)36-25-20-38(3)21-25/h6-14,25-26H,4-5,15-18,20-22H2,1-3H3,(H,36,42)/t26-/m1/s1. The normalized spacial score (nSPS) is 18.4. The first-order valence-electron chi connectivity index (χ1n) is 15.5. The summed E-state index contributed by atoms with van der Waals surface area (Å²) in [6.07, 6.45) is 1.53. The molecule has 6 rings (SSSR count). The molecule has 1 aromatic heterocycles. The fraction of sp³-hybridized carbons (Fsp3) is 0.412. The number of nitrogens with one attached hydrogen (secondary N) is 1. The van der Waals surface area contributed by atoms with E-state index in [1.165, 1.54) is 0 Å². The lowest BCUT2D eigenvalue weighted by Crippen LogP contribution is -2.59. The van der Waals surface area contributed by atoms with Crippen molar-refractivity contribution < 1.29 is 14.3 Å². The topological polar surface area (TPSA) is 105 Å². The molecule has 0 saturated carbocycles. The van der Waals surface area contributed by atoms with E-state index in [-0.39, 0.29) is 24.0 Å². The molecule has 0 bridgehead atoms. The molecule has 0 radical (unpaired) electrons. The highest BCUT2D eigenvalue weighted by Crippen LogP contribution is 2.35. The largest absolute Gasteiger partial charge is 0.493 e. The first-order valence-corrected chi connectivity index (χ1v) is 15.5. The Morgan fingerprint density at radius 3 is 2.59 bits per heavy atom. The van der Waals surface area contributed by atoms with Gasteiger partial charge in [-0.15, -0.1) is 0 Å². The molecule has 2 fully saturated rings. The number of aromatic nitrogens is 1. The van der Waals surface area contributed by atoms with E-state index >= 15 is 0 Å². The van der Waals surface area contributed by atoms with Crippen LogP contribution in [0.3, 0.4) is 0 Å². The van der Waals surface area contributed by atoms with Crippen molar-refractivity contribution in [3.05, 3.63) is 71.4 Å². The molecular formula is C34H39N7O3. The number of anilines is 2. The summed E-state index contributed by atoms with van der Waals surface area (Å²) >= 11 is 0. The number of hydrogen-bond acceptors (Lipinski definition) is 7. The Kier molecular flexibility index (Phi) is 8.40. The fourth-order valence-electron chi connectivity index (χ4n) is 6.61. The van der Waals surface area contributed by atoms with Crippen molar-refractivity contribution in [3.63, 3.8) is 0 Å². The highest BCUT2D eigenvalue weighted by atomic mass is 16.5. The van der Waals surface area contributed by atoms with Gasteiger partial charge in [0.1, 0.15) is 11.8 Å². The number of carbonyl (C=O) groups excluding carboxylic acids is 2. The van der Waals surface area contributed by atoms with E-state index in [2.05, 4.69) is 28.1 Å². The van der Waals surface area contributed by atoms with Gasteiger partial charge in [0.05, 0.1) is 35.3 Å². The summed E-state index contributed by atoms with van der Waals surface area (Å²) in [5, 5.41) is 12.9. The second-order valence-corrected chi connectivity index (χ2v) is 11.7. The average Bonchev–Trinajstić information content (AvgIpc) is 3.48. The minimum absolute atomic E-state index is 0.00858. The lowest BCUT2D eigenvalue weighted by molar-refractivity contribution is 0.0853. The van der Waals surface area contributed by atoms with E-state index in [9.17, 15) is 14.9 Å². The first kappa shape index (κ1) is 29.5. The van der Waals surface area contributed by atoms with Crippen molar-refractivity contribution in [1.82, 2.24) is 20.1 Å². The number of hydrogen-bond donors (Lipinski definition) is 1. The van der Waals surface area contributed by atoms with Crippen molar-refractivity contribution in [1.29, 1.82) is 5.26 Å². The minimum Gasteiger partial charge on any atom is -0.493 e. The molecule has 10 nitrogen and oxygen atoms in total. The first-order chi connectivity index (χ1) is 21.4. The maximum absolute atomic E-state index is 13.8. The summed E-state index contributed by atoms with van der Waals surface area (Å²) in [6, 6.07) is 19.6. The van der Waals surface area contributed by atoms with Gasteiger partial charge in [0.25, 0.3) is 5.91 Å². The molecule has 2 saturated heterocycles. The SMILES string of the molecule is CCOc1ccccc1-c1ccc(N2CCN(C(=O)N3CCc4cccc(C#N)c43)C[C@H]2CC)c(C(=O)NC2CN(C)C2)n1. The van der Waals surface area contributed by atoms with Crippen molar-refractivity contribution >= 4 is 23.3 Å². The van der Waals surface area contributed by atoms with Gasteiger partial charge >= 0.3 is 6.03 Å². The highest BCUT2D eigenvalue weighted by molar-refractivity contribution is 5.99. The van der Waals surface area contributed by atoms with Gasteiger partial charge in [-0.3, -0.25) is 9.69 Å². The van der Waals surface area contributed by atoms with E-state index in [0.29, 0.717) is 49.7 Å². The molecule has 3 aliphatic heterocycles. The third kappa shape index (κ3) is 5.55. The molecule has 3 aliphatic rings. The van der Waals surface area contributed by atoms with Gasteiger partial charge < -0.3 is 24.8 Å². The number of fused-ring (bicyclic) bond motifs is 1. The lowest BCUT2D eigenvalue weighted by atomic mass is 10.0. The van der Waals surface area contributed by atoms with Crippen LogP contribution in [0.4, 0.5) is 16.2 Å². The van der Waals surface area contributed by atoms with E-state index < -0.39 is 0 Å². The Labute approximate surface area is 258 Å². The zero-order valence-electron chi connectivity index (χ0n) is 25.6. The predicted molar refractivity (Wildman–Crippen MR) is 170 cm³/mol. The zero-order chi connectivity index (χ0) is 30.8. The van der Waals surface area contributed by atoms with Gasteiger partial charge in [-0.2, -0.15) is 5.26 Å². The Morgan fingerprint density at radius 2 is 1.84 bits per heavy atom. The van der Waals surface area contributed by atoms with Crippen molar-refractivity contribution in [2.24, 2.45) is 0 Å². The van der Waals surface area contributed by atoms with Crippen LogP contribution < -0.4 is 19.9 Å². The van der Waals surface area contributed by atoms with Crippen LogP contribution in [0.25, 0.3) is 11.3 Å². The second kappa shape index (κ2) is 12.5. The quantitative estimate of drug-likeness (QED) is 0.439. The maximum atomic E-state index is 13.8. The van der Waals surface area contributed by atoms with Crippen LogP contribution in [-0.4, -0.2) is 91.7 Å². The van der Waals surface area contributed by atoms with Crippen LogP contribution in [0.5, 0.6) is 5.75 Å². The van der Waals surface area contributed by atoms with Gasteiger partial charge in [-0.25, -0.2) is 9.78 Å². The van der Waals surface area contributed by atoms with E-state index in [0.717, 1.165) is 54.2 Å². The molecule has 228 valence electrons. The smallest absolute Gasteiger partial charge is 0.324 e. The predicted octanol–water partition coefficient (Wildman–Crippen LogP) is 4.15. The number of piperazine rings is 1. The van der Waals surface area contributed by atoms with Crippen molar-refractivity contribution in [3.8, 4) is 23.1 Å². The number of likely N-dealkylation sites (tertiary alicyclic amines) is 1. The van der Waals surface area contributed by atoms with E-state index in [1.54, 1.807) is 11.0 Å². The Morgan fingerprint density at radius 1 is 1.02 bits per heavy atom. The van der Waals surface area contributed by atoms with Crippen LogP contribution >= 0.6 is 0 Å². The van der Waals surface area contributed by atoms with Gasteiger partial charge in [-0.1, -0.05) is 31.2 Å². The second-order valence-electron chi connectivity index (χ2n) is 11.7. The van der Waals surface area contributed by atoms with Crippen LogP contribution in [-0.2, 0) is 6.42 Å². The van der Waals surface area contributed by atoms with E-state index in [1.807, 2.05) is 67.4 Å². The average molecular weight is 594 g/mol. The number of para-hydroxylation sites is 2. The van der Waals surface area contributed by atoms with E-state index in [4.69, 9.17) is 9.72 Å². The third-order valence-electron chi connectivity index (χ3n) is 8.83. The number of urea groups is 1. The number of nitriles is 1. The number of rotatable bonds is 7. The van der Waals surface area contributed by atoms with Gasteiger partial charge in [0, 0.05) is 50.9 Å². The highest BCUT2D eigenvalue weighted by Gasteiger charge is 2.36. The molecule has 44 heavy (non-hydrogen) atoms. The summed E-state index contributed by atoms with van der Waals surface area (Å²) in [4.78, 5) is 40.6. The van der Waals surface area contributed by atoms with Crippen molar-refractivity contribution in [2.75, 3.05) is 62.7 Å². The van der Waals surface area contributed by atoms with Gasteiger partial charge in [0.15, 0.2) is 5.69 Å². The molecule has 0 spiro atoms. The summed E-state index contributed by atoms with van der Waals surface area (Å²) < 4.78 is 5.87. The molecular weight excluding hydrogens is 554 g/mol. The lowest BCUT2D eigenvalue weighted by Gasteiger charge is -2.44. The number of ether oxygens (including phenoxy) is 1. The van der Waals surface area contributed by atoms with Gasteiger partial charge in [0.2, 0.25) is 0 Å². The van der Waals surface area contributed by atoms with Crippen molar-refractivity contribution in [2.45, 2.75) is 38.8 Å².